The van der Waals surface area contributed by atoms with E-state index in [9.17, 15) is 18.0 Å². The van der Waals surface area contributed by atoms with Crippen molar-refractivity contribution in [2.24, 2.45) is 0 Å². The molecule has 2 amide bonds. The predicted molar refractivity (Wildman–Crippen MR) is 64.6 cm³/mol. The minimum Gasteiger partial charge on any atom is -0.387 e. The topological polar surface area (TPSA) is 113 Å². The Hall–Kier alpha value is -1.93. The van der Waals surface area contributed by atoms with E-state index in [1.54, 1.807) is 18.2 Å². The van der Waals surface area contributed by atoms with Gasteiger partial charge in [-0.15, -0.1) is 0 Å². The molecule has 0 saturated carbocycles. The molecular formula is C11H12N2O5S. The summed E-state index contributed by atoms with van der Waals surface area (Å²) in [4.78, 5) is 22.4. The molecule has 0 aliphatic carbocycles. The highest BCUT2D eigenvalue weighted by molar-refractivity contribution is 7.92. The molecule has 2 atom stereocenters. The van der Waals surface area contributed by atoms with Crippen LogP contribution in [0.1, 0.15) is 0 Å². The molecule has 1 heterocycles. The van der Waals surface area contributed by atoms with Gasteiger partial charge in [-0.05, 0) is 12.1 Å². The Morgan fingerprint density at radius 3 is 2.47 bits per heavy atom. The Kier molecular flexibility index (Phi) is 3.54. The maximum atomic E-state index is 12.2. The molecule has 3 N–H and O–H groups in total. The standard InChI is InChI=1S/C11H12N2O5S/c14-6-8(15)12-9-10(16)13-11(9)19(17,18)7-4-2-1-3-5-7/h1-5,9,11,14H,6H2,(H,12,15)(H,13,16)/t9-,11+/m1/s1. The van der Waals surface area contributed by atoms with E-state index in [1.807, 2.05) is 0 Å². The molecular weight excluding hydrogens is 272 g/mol. The van der Waals surface area contributed by atoms with E-state index in [1.165, 1.54) is 12.1 Å². The smallest absolute Gasteiger partial charge is 0.246 e. The van der Waals surface area contributed by atoms with E-state index in [2.05, 4.69) is 10.6 Å². The van der Waals surface area contributed by atoms with Crippen molar-refractivity contribution in [1.82, 2.24) is 10.6 Å². The van der Waals surface area contributed by atoms with E-state index in [0.29, 0.717) is 0 Å². The largest absolute Gasteiger partial charge is 0.387 e. The summed E-state index contributed by atoms with van der Waals surface area (Å²) >= 11 is 0. The number of aliphatic hydroxyl groups excluding tert-OH is 1. The van der Waals surface area contributed by atoms with Gasteiger partial charge in [-0.2, -0.15) is 0 Å². The SMILES string of the molecule is O=C(CO)N[C@@H]1C(=O)N[C@H]1S(=O)(=O)c1ccccc1. The minimum absolute atomic E-state index is 0.0586. The monoisotopic (exact) mass is 284 g/mol. The van der Waals surface area contributed by atoms with E-state index in [0.717, 1.165) is 0 Å². The summed E-state index contributed by atoms with van der Waals surface area (Å²) in [6, 6.07) is 6.44. The maximum Gasteiger partial charge on any atom is 0.246 e. The van der Waals surface area contributed by atoms with Gasteiger partial charge in [-0.25, -0.2) is 8.42 Å². The van der Waals surface area contributed by atoms with Gasteiger partial charge in [0.05, 0.1) is 4.90 Å². The van der Waals surface area contributed by atoms with Crippen molar-refractivity contribution in [2.45, 2.75) is 16.3 Å². The first kappa shape index (κ1) is 13.5. The van der Waals surface area contributed by atoms with Gasteiger partial charge in [0.1, 0.15) is 12.6 Å². The van der Waals surface area contributed by atoms with Crippen LogP contribution in [-0.4, -0.2) is 43.4 Å². The highest BCUT2D eigenvalue weighted by Crippen LogP contribution is 2.21. The summed E-state index contributed by atoms with van der Waals surface area (Å²) in [5.41, 5.74) is 0. The van der Waals surface area contributed by atoms with Gasteiger partial charge >= 0.3 is 0 Å². The third-order valence-electron chi connectivity index (χ3n) is 2.74. The Morgan fingerprint density at radius 1 is 1.32 bits per heavy atom. The summed E-state index contributed by atoms with van der Waals surface area (Å²) < 4.78 is 24.4. The van der Waals surface area contributed by atoms with Crippen molar-refractivity contribution in [3.8, 4) is 0 Å². The second-order valence-corrected chi connectivity index (χ2v) is 6.06. The van der Waals surface area contributed by atoms with Gasteiger partial charge in [0.2, 0.25) is 21.7 Å². The molecule has 2 rings (SSSR count). The fraction of sp³-hybridized carbons (Fsp3) is 0.273. The summed E-state index contributed by atoms with van der Waals surface area (Å²) in [6.07, 6.45) is 0. The first-order chi connectivity index (χ1) is 8.96. The average Bonchev–Trinajstić information content (AvgIpc) is 2.42. The zero-order chi connectivity index (χ0) is 14.0. The van der Waals surface area contributed by atoms with E-state index in [-0.39, 0.29) is 4.90 Å². The number of β-lactam (4-membered cyclic amide) rings is 1. The predicted octanol–water partition coefficient (Wildman–Crippen LogP) is -1.61. The number of aliphatic hydroxyl groups is 1. The second kappa shape index (κ2) is 4.98. The number of amides is 2. The number of rotatable bonds is 4. The fourth-order valence-corrected chi connectivity index (χ4v) is 3.38. The average molecular weight is 284 g/mol. The molecule has 7 nitrogen and oxygen atoms in total. The van der Waals surface area contributed by atoms with Crippen LogP contribution in [0.5, 0.6) is 0 Å². The summed E-state index contributed by atoms with van der Waals surface area (Å²) in [6.45, 7) is -0.804. The van der Waals surface area contributed by atoms with Crippen LogP contribution in [-0.2, 0) is 19.4 Å². The fourth-order valence-electron chi connectivity index (χ4n) is 1.73. The first-order valence-corrected chi connectivity index (χ1v) is 7.01. The van der Waals surface area contributed by atoms with Crippen molar-refractivity contribution in [3.05, 3.63) is 30.3 Å². The Balaban J connectivity index is 2.22. The molecule has 1 aromatic carbocycles. The van der Waals surface area contributed by atoms with E-state index < -0.39 is 39.7 Å². The highest BCUT2D eigenvalue weighted by Gasteiger charge is 2.48. The number of carbonyl (C=O) groups is 2. The molecule has 1 aliphatic rings. The summed E-state index contributed by atoms with van der Waals surface area (Å²) in [7, 11) is -3.77. The molecule has 0 unspecified atom stereocenters. The van der Waals surface area contributed by atoms with Crippen LogP contribution in [0, 0.1) is 0 Å². The molecule has 8 heteroatoms. The van der Waals surface area contributed by atoms with Crippen molar-refractivity contribution in [3.63, 3.8) is 0 Å². The number of hydrogen-bond acceptors (Lipinski definition) is 5. The third-order valence-corrected chi connectivity index (χ3v) is 4.72. The van der Waals surface area contributed by atoms with Crippen molar-refractivity contribution in [2.75, 3.05) is 6.61 Å². The van der Waals surface area contributed by atoms with Crippen LogP contribution in [0.15, 0.2) is 35.2 Å². The van der Waals surface area contributed by atoms with Crippen LogP contribution in [0.2, 0.25) is 0 Å². The highest BCUT2D eigenvalue weighted by atomic mass is 32.2. The summed E-state index contributed by atoms with van der Waals surface area (Å²) in [5.74, 6) is -1.39. The van der Waals surface area contributed by atoms with Crippen LogP contribution < -0.4 is 10.6 Å². The number of carbonyl (C=O) groups excluding carboxylic acids is 2. The molecule has 0 spiro atoms. The zero-order valence-electron chi connectivity index (χ0n) is 9.74. The van der Waals surface area contributed by atoms with Crippen LogP contribution in [0.3, 0.4) is 0 Å². The lowest BCUT2D eigenvalue weighted by Gasteiger charge is -2.36. The molecule has 1 saturated heterocycles. The maximum absolute atomic E-state index is 12.2. The van der Waals surface area contributed by atoms with E-state index >= 15 is 0 Å². The Labute approximate surface area is 109 Å². The van der Waals surface area contributed by atoms with Crippen LogP contribution in [0.4, 0.5) is 0 Å². The molecule has 19 heavy (non-hydrogen) atoms. The first-order valence-electron chi connectivity index (χ1n) is 5.46. The number of sulfone groups is 1. The van der Waals surface area contributed by atoms with Crippen LogP contribution >= 0.6 is 0 Å². The molecule has 1 aliphatic heterocycles. The summed E-state index contributed by atoms with van der Waals surface area (Å²) in [5, 5.41) is 11.8. The van der Waals surface area contributed by atoms with Crippen molar-refractivity contribution >= 4 is 21.7 Å². The normalized spacial score (nSPS) is 22.3. The lowest BCUT2D eigenvalue weighted by molar-refractivity contribution is -0.135. The number of nitrogens with one attached hydrogen (secondary N) is 2. The molecule has 1 aromatic rings. The Bertz CT molecular complexity index is 599. The molecule has 102 valence electrons. The lowest BCUT2D eigenvalue weighted by Crippen LogP contribution is -2.71. The lowest BCUT2D eigenvalue weighted by atomic mass is 10.1. The quantitative estimate of drug-likeness (QED) is 0.576. The third kappa shape index (κ3) is 2.45. The Morgan fingerprint density at radius 2 is 1.95 bits per heavy atom. The van der Waals surface area contributed by atoms with Gasteiger partial charge in [0.15, 0.2) is 5.37 Å². The minimum atomic E-state index is -3.77. The van der Waals surface area contributed by atoms with Crippen LogP contribution in [0.25, 0.3) is 0 Å². The van der Waals surface area contributed by atoms with Gasteiger partial charge in [0, 0.05) is 0 Å². The van der Waals surface area contributed by atoms with Crippen molar-refractivity contribution < 1.29 is 23.1 Å². The zero-order valence-corrected chi connectivity index (χ0v) is 10.6. The van der Waals surface area contributed by atoms with E-state index in [4.69, 9.17) is 5.11 Å². The van der Waals surface area contributed by atoms with Crippen molar-refractivity contribution in [1.29, 1.82) is 0 Å². The molecule has 0 radical (unpaired) electrons. The molecule has 0 aromatic heterocycles. The number of benzene rings is 1. The second-order valence-electron chi connectivity index (χ2n) is 3.99. The van der Waals surface area contributed by atoms with Gasteiger partial charge in [-0.3, -0.25) is 9.59 Å². The van der Waals surface area contributed by atoms with Gasteiger partial charge in [0.25, 0.3) is 0 Å². The van der Waals surface area contributed by atoms with Gasteiger partial charge in [-0.1, -0.05) is 18.2 Å². The van der Waals surface area contributed by atoms with Gasteiger partial charge < -0.3 is 15.7 Å². The molecule has 0 bridgehead atoms. The molecule has 1 fully saturated rings. The number of hydrogen-bond donors (Lipinski definition) is 3.